The minimum absolute atomic E-state index is 0.478. The van der Waals surface area contributed by atoms with E-state index in [4.69, 9.17) is 10.5 Å². The molecular weight excluding hydrogens is 190 g/mol. The fourth-order valence-electron chi connectivity index (χ4n) is 1.23. The Hall–Kier alpha value is -1.32. The minimum Gasteiger partial charge on any atom is -0.478 e. The highest BCUT2D eigenvalue weighted by atomic mass is 16.5. The van der Waals surface area contributed by atoms with Gasteiger partial charge in [0.05, 0.1) is 6.61 Å². The fraction of sp³-hybridized carbons (Fsp3) is 0.636. The number of anilines is 1. The second kappa shape index (κ2) is 5.53. The molecule has 1 rings (SSSR count). The Morgan fingerprint density at radius 3 is 2.73 bits per heavy atom. The first-order valence-corrected chi connectivity index (χ1v) is 5.38. The van der Waals surface area contributed by atoms with Crippen LogP contribution in [0.4, 0.5) is 5.82 Å². The van der Waals surface area contributed by atoms with Crippen molar-refractivity contribution in [1.82, 2.24) is 9.97 Å². The minimum atomic E-state index is 0.478. The largest absolute Gasteiger partial charge is 0.478 e. The lowest BCUT2D eigenvalue weighted by molar-refractivity contribution is 0.303. The maximum atomic E-state index is 5.68. The molecule has 0 amide bonds. The zero-order valence-corrected chi connectivity index (χ0v) is 9.66. The third-order valence-corrected chi connectivity index (χ3v) is 1.81. The van der Waals surface area contributed by atoms with Gasteiger partial charge < -0.3 is 10.5 Å². The van der Waals surface area contributed by atoms with E-state index in [0.717, 1.165) is 18.7 Å². The molecule has 2 N–H and O–H groups in total. The van der Waals surface area contributed by atoms with Crippen molar-refractivity contribution in [2.75, 3.05) is 12.3 Å². The van der Waals surface area contributed by atoms with Crippen molar-refractivity contribution in [3.05, 3.63) is 11.9 Å². The van der Waals surface area contributed by atoms with Crippen molar-refractivity contribution in [1.29, 1.82) is 0 Å². The Morgan fingerprint density at radius 1 is 1.40 bits per heavy atom. The molecule has 0 radical (unpaired) electrons. The van der Waals surface area contributed by atoms with Crippen LogP contribution in [0, 0.1) is 5.92 Å². The molecule has 84 valence electrons. The molecule has 0 fully saturated rings. The molecule has 1 aromatic rings. The topological polar surface area (TPSA) is 61.0 Å². The molecule has 0 aliphatic heterocycles. The number of nitrogens with zero attached hydrogens (tertiary/aromatic N) is 2. The second-order valence-corrected chi connectivity index (χ2v) is 3.99. The zero-order chi connectivity index (χ0) is 11.3. The molecule has 4 nitrogen and oxygen atoms in total. The Kier molecular flexibility index (Phi) is 4.34. The molecule has 1 heterocycles. The molecule has 0 atom stereocenters. The molecule has 0 spiro atoms. The zero-order valence-electron chi connectivity index (χ0n) is 9.66. The molecule has 0 unspecified atom stereocenters. The van der Waals surface area contributed by atoms with Crippen LogP contribution < -0.4 is 10.5 Å². The molecule has 4 heteroatoms. The van der Waals surface area contributed by atoms with E-state index in [1.165, 1.54) is 0 Å². The van der Waals surface area contributed by atoms with Crippen LogP contribution >= 0.6 is 0 Å². The van der Waals surface area contributed by atoms with Crippen LogP contribution in [-0.2, 0) is 6.42 Å². The summed E-state index contributed by atoms with van der Waals surface area (Å²) in [6, 6.07) is 1.67. The lowest BCUT2D eigenvalue weighted by Crippen LogP contribution is -2.06. The average molecular weight is 209 g/mol. The predicted octanol–water partition coefficient (Wildman–Crippen LogP) is 2.05. The molecule has 0 saturated carbocycles. The van der Waals surface area contributed by atoms with Crippen molar-refractivity contribution in [3.8, 4) is 5.88 Å². The van der Waals surface area contributed by atoms with Crippen molar-refractivity contribution in [3.63, 3.8) is 0 Å². The summed E-state index contributed by atoms with van der Waals surface area (Å²) in [6.45, 7) is 6.97. The van der Waals surface area contributed by atoms with Gasteiger partial charge in [0.25, 0.3) is 0 Å². The number of nitrogens with two attached hydrogens (primary N) is 1. The summed E-state index contributed by atoms with van der Waals surface area (Å²) in [6.07, 6.45) is 1.79. The second-order valence-electron chi connectivity index (χ2n) is 3.99. The van der Waals surface area contributed by atoms with Crippen LogP contribution in [0.15, 0.2) is 6.07 Å². The number of rotatable bonds is 5. The molecule has 0 aliphatic rings. The van der Waals surface area contributed by atoms with Crippen LogP contribution in [0.2, 0.25) is 0 Å². The highest BCUT2D eigenvalue weighted by Crippen LogP contribution is 2.13. The third kappa shape index (κ3) is 4.14. The van der Waals surface area contributed by atoms with Crippen LogP contribution in [0.3, 0.4) is 0 Å². The molecule has 1 aromatic heterocycles. The summed E-state index contributed by atoms with van der Waals surface area (Å²) in [5.41, 5.74) is 5.68. The smallest absolute Gasteiger partial charge is 0.218 e. The maximum Gasteiger partial charge on any atom is 0.218 e. The summed E-state index contributed by atoms with van der Waals surface area (Å²) in [5, 5.41) is 0. The van der Waals surface area contributed by atoms with E-state index in [9.17, 15) is 0 Å². The highest BCUT2D eigenvalue weighted by Gasteiger charge is 2.05. The fourth-order valence-corrected chi connectivity index (χ4v) is 1.23. The van der Waals surface area contributed by atoms with E-state index in [-0.39, 0.29) is 0 Å². The lowest BCUT2D eigenvalue weighted by atomic mass is 10.1. The van der Waals surface area contributed by atoms with Gasteiger partial charge in [0.2, 0.25) is 5.88 Å². The normalized spacial score (nSPS) is 10.7. The van der Waals surface area contributed by atoms with Crippen molar-refractivity contribution in [2.24, 2.45) is 5.92 Å². The van der Waals surface area contributed by atoms with Gasteiger partial charge in [-0.1, -0.05) is 20.8 Å². The Balaban J connectivity index is 2.75. The molecule has 15 heavy (non-hydrogen) atoms. The Morgan fingerprint density at radius 2 is 2.13 bits per heavy atom. The SMILES string of the molecule is CCCOc1cc(N)nc(CC(C)C)n1. The Labute approximate surface area is 90.9 Å². The summed E-state index contributed by atoms with van der Waals surface area (Å²) in [5.74, 6) is 2.34. The van der Waals surface area contributed by atoms with Gasteiger partial charge in [-0.15, -0.1) is 0 Å². The van der Waals surface area contributed by atoms with Crippen molar-refractivity contribution in [2.45, 2.75) is 33.6 Å². The predicted molar refractivity (Wildman–Crippen MR) is 60.8 cm³/mol. The molecule has 0 bridgehead atoms. The van der Waals surface area contributed by atoms with Crippen molar-refractivity contribution < 1.29 is 4.74 Å². The number of nitrogen functional groups attached to an aromatic ring is 1. The van der Waals surface area contributed by atoms with E-state index < -0.39 is 0 Å². The summed E-state index contributed by atoms with van der Waals surface area (Å²) < 4.78 is 5.43. The standard InChI is InChI=1S/C11H19N3O/c1-4-5-15-11-7-9(12)13-10(14-11)6-8(2)3/h7-8H,4-6H2,1-3H3,(H2,12,13,14). The van der Waals surface area contributed by atoms with E-state index in [2.05, 4.69) is 30.7 Å². The van der Waals surface area contributed by atoms with Gasteiger partial charge in [-0.3, -0.25) is 0 Å². The molecule has 0 aromatic carbocycles. The number of hydrogen-bond acceptors (Lipinski definition) is 4. The molecular formula is C11H19N3O. The van der Waals surface area contributed by atoms with Crippen LogP contribution in [-0.4, -0.2) is 16.6 Å². The summed E-state index contributed by atoms with van der Waals surface area (Å²) in [4.78, 5) is 8.47. The van der Waals surface area contributed by atoms with Gasteiger partial charge in [0, 0.05) is 12.5 Å². The van der Waals surface area contributed by atoms with Crippen LogP contribution in [0.1, 0.15) is 33.0 Å². The number of ether oxygens (including phenoxy) is 1. The first-order chi connectivity index (χ1) is 7.11. The van der Waals surface area contributed by atoms with Gasteiger partial charge in [0.1, 0.15) is 11.6 Å². The highest BCUT2D eigenvalue weighted by molar-refractivity contribution is 5.32. The molecule has 0 saturated heterocycles. The summed E-state index contributed by atoms with van der Waals surface area (Å²) in [7, 11) is 0. The first kappa shape index (κ1) is 11.8. The third-order valence-electron chi connectivity index (χ3n) is 1.81. The number of aromatic nitrogens is 2. The Bertz CT molecular complexity index is 313. The van der Waals surface area contributed by atoms with E-state index in [0.29, 0.717) is 24.2 Å². The quantitative estimate of drug-likeness (QED) is 0.806. The molecule has 0 aliphatic carbocycles. The van der Waals surface area contributed by atoms with Gasteiger partial charge in [0.15, 0.2) is 0 Å². The lowest BCUT2D eigenvalue weighted by Gasteiger charge is -2.08. The van der Waals surface area contributed by atoms with Gasteiger partial charge in [-0.25, -0.2) is 4.98 Å². The van der Waals surface area contributed by atoms with E-state index in [1.54, 1.807) is 6.07 Å². The monoisotopic (exact) mass is 209 g/mol. The van der Waals surface area contributed by atoms with Gasteiger partial charge >= 0.3 is 0 Å². The van der Waals surface area contributed by atoms with Crippen molar-refractivity contribution >= 4 is 5.82 Å². The van der Waals surface area contributed by atoms with Gasteiger partial charge in [-0.05, 0) is 12.3 Å². The van der Waals surface area contributed by atoms with Crippen LogP contribution in [0.5, 0.6) is 5.88 Å². The summed E-state index contributed by atoms with van der Waals surface area (Å²) >= 11 is 0. The first-order valence-electron chi connectivity index (χ1n) is 5.38. The van der Waals surface area contributed by atoms with E-state index >= 15 is 0 Å². The maximum absolute atomic E-state index is 5.68. The number of hydrogen-bond donors (Lipinski definition) is 1. The van der Waals surface area contributed by atoms with Crippen LogP contribution in [0.25, 0.3) is 0 Å². The average Bonchev–Trinajstić information content (AvgIpc) is 2.12. The van der Waals surface area contributed by atoms with E-state index in [1.807, 2.05) is 0 Å². The van der Waals surface area contributed by atoms with Gasteiger partial charge in [-0.2, -0.15) is 4.98 Å².